The van der Waals surface area contributed by atoms with E-state index in [1.54, 1.807) is 25.1 Å². The summed E-state index contributed by atoms with van der Waals surface area (Å²) >= 11 is 0. The molecule has 1 aromatic heterocycles. The molecule has 9 nitrogen and oxygen atoms in total. The molecule has 0 saturated heterocycles. The predicted octanol–water partition coefficient (Wildman–Crippen LogP) is 1.05. The van der Waals surface area contributed by atoms with Crippen LogP contribution in [0, 0.1) is 0 Å². The fourth-order valence-corrected chi connectivity index (χ4v) is 3.05. The monoisotopic (exact) mass is 388 g/mol. The van der Waals surface area contributed by atoms with Crippen LogP contribution in [0.1, 0.15) is 24.5 Å². The van der Waals surface area contributed by atoms with E-state index in [9.17, 15) is 19.2 Å². The Morgan fingerprint density at radius 3 is 2.71 bits per heavy atom. The first-order valence-electron chi connectivity index (χ1n) is 8.92. The van der Waals surface area contributed by atoms with Gasteiger partial charge in [-0.2, -0.15) is 0 Å². The normalized spacial score (nSPS) is 12.3. The maximum Gasteiger partial charge on any atom is 0.344 e. The molecular weight excluding hydrogens is 368 g/mol. The van der Waals surface area contributed by atoms with Crippen molar-refractivity contribution in [3.05, 3.63) is 39.7 Å². The molecule has 148 valence electrons. The van der Waals surface area contributed by atoms with Crippen molar-refractivity contribution >= 4 is 28.9 Å². The zero-order chi connectivity index (χ0) is 20.1. The van der Waals surface area contributed by atoms with E-state index in [0.717, 1.165) is 35.8 Å². The molecule has 2 N–H and O–H groups in total. The number of hydrogen-bond acceptors (Lipinski definition) is 7. The predicted molar refractivity (Wildman–Crippen MR) is 98.2 cm³/mol. The Labute approximate surface area is 160 Å². The average molecular weight is 388 g/mol. The van der Waals surface area contributed by atoms with Crippen LogP contribution in [0.3, 0.4) is 0 Å². The largest absolute Gasteiger partial charge is 0.482 e. The third kappa shape index (κ3) is 4.48. The zero-order valence-corrected chi connectivity index (χ0v) is 15.3. The van der Waals surface area contributed by atoms with Gasteiger partial charge in [-0.05, 0) is 43.9 Å². The highest BCUT2D eigenvalue weighted by atomic mass is 16.6. The fraction of sp³-hybridized carbons (Fsp3) is 0.368. The lowest BCUT2D eigenvalue weighted by Gasteiger charge is -2.09. The molecule has 0 fully saturated rings. The Hall–Kier alpha value is -3.36. The molecular formula is C19H20N2O7. The van der Waals surface area contributed by atoms with Gasteiger partial charge in [-0.15, -0.1) is 0 Å². The quantitative estimate of drug-likeness (QED) is 0.560. The van der Waals surface area contributed by atoms with E-state index in [1.807, 2.05) is 5.32 Å². The lowest BCUT2D eigenvalue weighted by Crippen LogP contribution is -2.41. The highest BCUT2D eigenvalue weighted by molar-refractivity contribution is 5.95. The molecule has 0 aliphatic heterocycles. The summed E-state index contributed by atoms with van der Waals surface area (Å²) in [4.78, 5) is 46.3. The first kappa shape index (κ1) is 19.4. The van der Waals surface area contributed by atoms with E-state index in [2.05, 4.69) is 5.32 Å². The second kappa shape index (κ2) is 8.55. The third-order valence-corrected chi connectivity index (χ3v) is 4.26. The molecule has 0 radical (unpaired) electrons. The number of ether oxygens (including phenoxy) is 2. The first-order valence-corrected chi connectivity index (χ1v) is 8.92. The number of nitrogens with one attached hydrogen (secondary N) is 2. The molecule has 0 spiro atoms. The van der Waals surface area contributed by atoms with Crippen molar-refractivity contribution in [2.75, 3.05) is 19.8 Å². The van der Waals surface area contributed by atoms with Gasteiger partial charge in [0.15, 0.2) is 13.2 Å². The number of carbonyl (C=O) groups is 3. The van der Waals surface area contributed by atoms with Crippen LogP contribution in [0.2, 0.25) is 0 Å². The van der Waals surface area contributed by atoms with E-state index in [0.29, 0.717) is 17.9 Å². The van der Waals surface area contributed by atoms with E-state index >= 15 is 0 Å². The second-order valence-corrected chi connectivity index (χ2v) is 6.22. The van der Waals surface area contributed by atoms with Gasteiger partial charge < -0.3 is 19.2 Å². The van der Waals surface area contributed by atoms with Gasteiger partial charge in [-0.1, -0.05) is 0 Å². The molecule has 28 heavy (non-hydrogen) atoms. The second-order valence-electron chi connectivity index (χ2n) is 6.22. The summed E-state index contributed by atoms with van der Waals surface area (Å²) in [6.45, 7) is 1.03. The van der Waals surface area contributed by atoms with Gasteiger partial charge in [0.05, 0.1) is 0 Å². The number of fused-ring (bicyclic) bond motifs is 3. The molecule has 0 atom stereocenters. The molecule has 1 heterocycles. The van der Waals surface area contributed by atoms with Crippen LogP contribution >= 0.6 is 0 Å². The third-order valence-electron chi connectivity index (χ3n) is 4.26. The molecule has 1 aliphatic carbocycles. The highest BCUT2D eigenvalue weighted by Crippen LogP contribution is 2.29. The number of rotatable bonds is 6. The van der Waals surface area contributed by atoms with Gasteiger partial charge in [0.25, 0.3) is 5.91 Å². The number of aryl methyl sites for hydroxylation is 1. The van der Waals surface area contributed by atoms with Gasteiger partial charge in [0.1, 0.15) is 11.3 Å². The van der Waals surface area contributed by atoms with Gasteiger partial charge in [0, 0.05) is 23.6 Å². The number of benzene rings is 1. The number of amides is 3. The number of urea groups is 1. The molecule has 0 saturated carbocycles. The summed E-state index contributed by atoms with van der Waals surface area (Å²) in [6.07, 6.45) is 2.49. The molecule has 0 unspecified atom stereocenters. The lowest BCUT2D eigenvalue weighted by atomic mass is 10.1. The molecule has 1 aliphatic rings. The topological polar surface area (TPSA) is 124 Å². The Morgan fingerprint density at radius 2 is 1.93 bits per heavy atom. The van der Waals surface area contributed by atoms with Crippen molar-refractivity contribution in [3.8, 4) is 5.75 Å². The number of esters is 1. The molecule has 2 aromatic rings. The summed E-state index contributed by atoms with van der Waals surface area (Å²) in [5, 5.41) is 5.25. The van der Waals surface area contributed by atoms with Crippen LogP contribution in [-0.4, -0.2) is 37.7 Å². The van der Waals surface area contributed by atoms with Crippen molar-refractivity contribution in [1.82, 2.24) is 10.6 Å². The average Bonchev–Trinajstić information content (AvgIpc) is 3.15. The van der Waals surface area contributed by atoms with Crippen molar-refractivity contribution in [2.24, 2.45) is 0 Å². The summed E-state index contributed by atoms with van der Waals surface area (Å²) in [5.74, 6) is -1.19. The number of imide groups is 1. The van der Waals surface area contributed by atoms with Gasteiger partial charge in [-0.25, -0.2) is 14.4 Å². The number of hydrogen-bond donors (Lipinski definition) is 2. The van der Waals surface area contributed by atoms with Gasteiger partial charge in [0.2, 0.25) is 0 Å². The zero-order valence-electron chi connectivity index (χ0n) is 15.3. The highest BCUT2D eigenvalue weighted by Gasteiger charge is 2.20. The van der Waals surface area contributed by atoms with Gasteiger partial charge >= 0.3 is 17.6 Å². The van der Waals surface area contributed by atoms with Crippen LogP contribution in [0.25, 0.3) is 11.0 Å². The van der Waals surface area contributed by atoms with Crippen LogP contribution in [0.4, 0.5) is 4.79 Å². The van der Waals surface area contributed by atoms with Crippen LogP contribution in [0.5, 0.6) is 5.75 Å². The Morgan fingerprint density at radius 1 is 1.14 bits per heavy atom. The molecule has 1 aromatic carbocycles. The Kier molecular flexibility index (Phi) is 5.93. The van der Waals surface area contributed by atoms with Crippen LogP contribution < -0.4 is 21.0 Å². The molecule has 0 bridgehead atoms. The maximum atomic E-state index is 12.0. The summed E-state index contributed by atoms with van der Waals surface area (Å²) < 4.78 is 15.4. The van der Waals surface area contributed by atoms with Crippen LogP contribution in [0.15, 0.2) is 27.4 Å². The van der Waals surface area contributed by atoms with Crippen molar-refractivity contribution in [3.63, 3.8) is 0 Å². The number of carbonyl (C=O) groups excluding carboxylic acids is 3. The van der Waals surface area contributed by atoms with Crippen molar-refractivity contribution in [2.45, 2.75) is 26.2 Å². The SMILES string of the molecule is CCNC(=O)NC(=O)COC(=O)COc1ccc2c3c(c(=O)oc2c1)CCC3. The lowest BCUT2D eigenvalue weighted by molar-refractivity contribution is -0.150. The maximum absolute atomic E-state index is 12.0. The summed E-state index contributed by atoms with van der Waals surface area (Å²) in [6, 6.07) is 4.35. The van der Waals surface area contributed by atoms with E-state index in [-0.39, 0.29) is 5.63 Å². The molecule has 3 amide bonds. The van der Waals surface area contributed by atoms with E-state index < -0.39 is 31.1 Å². The molecule has 9 heteroatoms. The standard InChI is InChI=1S/C19H20N2O7/c1-2-20-19(25)21-16(22)9-27-17(23)10-26-11-6-7-13-12-4-3-5-14(12)18(24)28-15(13)8-11/h6-8H,2-5,9-10H2,1H3,(H2,20,21,22,25). The van der Waals surface area contributed by atoms with E-state index in [4.69, 9.17) is 13.9 Å². The van der Waals surface area contributed by atoms with Crippen molar-refractivity contribution < 1.29 is 28.3 Å². The van der Waals surface area contributed by atoms with Crippen molar-refractivity contribution in [1.29, 1.82) is 0 Å². The minimum Gasteiger partial charge on any atom is -0.482 e. The van der Waals surface area contributed by atoms with Gasteiger partial charge in [-0.3, -0.25) is 10.1 Å². The fourth-order valence-electron chi connectivity index (χ4n) is 3.05. The summed E-state index contributed by atoms with van der Waals surface area (Å²) in [7, 11) is 0. The Bertz CT molecular complexity index is 980. The first-order chi connectivity index (χ1) is 13.5. The minimum atomic E-state index is -0.776. The van der Waals surface area contributed by atoms with E-state index in [1.165, 1.54) is 0 Å². The Balaban J connectivity index is 1.54. The smallest absolute Gasteiger partial charge is 0.344 e. The van der Waals surface area contributed by atoms with Crippen LogP contribution in [-0.2, 0) is 27.2 Å². The summed E-state index contributed by atoms with van der Waals surface area (Å²) in [5.41, 5.74) is 1.80. The molecule has 3 rings (SSSR count). The minimum absolute atomic E-state index is 0.331.